The molecule has 0 atom stereocenters. The van der Waals surface area contributed by atoms with Gasteiger partial charge in [0.15, 0.2) is 0 Å². The number of aliphatic hydroxyl groups excluding tert-OH is 1. The number of nitrogens with zero attached hydrogens (tertiary/aromatic N) is 3. The molecular formula is C9H15F2N3O3S. The van der Waals surface area contributed by atoms with Crippen LogP contribution in [0, 0.1) is 0 Å². The van der Waals surface area contributed by atoms with E-state index in [2.05, 4.69) is 5.10 Å². The van der Waals surface area contributed by atoms with E-state index in [1.54, 1.807) is 6.92 Å². The van der Waals surface area contributed by atoms with E-state index in [0.29, 0.717) is 10.8 Å². The zero-order chi connectivity index (χ0) is 13.8. The molecule has 104 valence electrons. The molecule has 0 radical (unpaired) electrons. The summed E-state index contributed by atoms with van der Waals surface area (Å²) >= 11 is 0. The van der Waals surface area contributed by atoms with Gasteiger partial charge >= 0.3 is 0 Å². The number of aliphatic hydroxyl groups is 1. The van der Waals surface area contributed by atoms with Crippen LogP contribution in [0.2, 0.25) is 0 Å². The highest BCUT2D eigenvalue weighted by atomic mass is 32.2. The van der Waals surface area contributed by atoms with E-state index < -0.39 is 29.6 Å². The lowest BCUT2D eigenvalue weighted by Crippen LogP contribution is -2.37. The summed E-state index contributed by atoms with van der Waals surface area (Å²) in [4.78, 5) is -0.154. The minimum Gasteiger partial charge on any atom is -0.395 e. The normalized spacial score (nSPS) is 12.6. The monoisotopic (exact) mass is 283 g/mol. The fraction of sp³-hybridized carbons (Fsp3) is 0.667. The molecular weight excluding hydrogens is 268 g/mol. The maximum Gasteiger partial charge on any atom is 0.252 e. The number of aromatic nitrogens is 2. The summed E-state index contributed by atoms with van der Waals surface area (Å²) < 4.78 is 50.6. The van der Waals surface area contributed by atoms with Crippen molar-refractivity contribution >= 4 is 10.0 Å². The van der Waals surface area contributed by atoms with Gasteiger partial charge in [-0.1, -0.05) is 0 Å². The predicted octanol–water partition coefficient (Wildman–Crippen LogP) is 0.151. The SMILES string of the molecule is CCn1cc(S(=O)(=O)N(CCO)CC(F)F)cn1. The number of alkyl halides is 2. The van der Waals surface area contributed by atoms with Gasteiger partial charge < -0.3 is 5.11 Å². The first-order valence-electron chi connectivity index (χ1n) is 5.33. The second-order valence-corrected chi connectivity index (χ2v) is 5.45. The lowest BCUT2D eigenvalue weighted by Gasteiger charge is -2.19. The Morgan fingerprint density at radius 1 is 1.56 bits per heavy atom. The Kier molecular flexibility index (Phi) is 5.17. The molecule has 9 heteroatoms. The van der Waals surface area contributed by atoms with E-state index >= 15 is 0 Å². The summed E-state index contributed by atoms with van der Waals surface area (Å²) in [5, 5.41) is 12.5. The fourth-order valence-corrected chi connectivity index (χ4v) is 2.74. The molecule has 6 nitrogen and oxygen atoms in total. The van der Waals surface area contributed by atoms with E-state index in [1.807, 2.05) is 0 Å². The van der Waals surface area contributed by atoms with Crippen LogP contribution in [-0.4, -0.2) is 53.7 Å². The smallest absolute Gasteiger partial charge is 0.252 e. The third-order valence-corrected chi connectivity index (χ3v) is 4.08. The van der Waals surface area contributed by atoms with Crippen molar-refractivity contribution in [3.8, 4) is 0 Å². The van der Waals surface area contributed by atoms with Crippen molar-refractivity contribution in [1.82, 2.24) is 14.1 Å². The molecule has 0 amide bonds. The van der Waals surface area contributed by atoms with Crippen molar-refractivity contribution in [2.45, 2.75) is 24.8 Å². The van der Waals surface area contributed by atoms with Crippen LogP contribution >= 0.6 is 0 Å². The first-order chi connectivity index (χ1) is 8.41. The highest BCUT2D eigenvalue weighted by Gasteiger charge is 2.27. The Hall–Kier alpha value is -1.06. The maximum atomic E-state index is 12.3. The molecule has 1 aromatic rings. The minimum absolute atomic E-state index is 0.154. The summed E-state index contributed by atoms with van der Waals surface area (Å²) in [5.74, 6) is 0. The van der Waals surface area contributed by atoms with Crippen LogP contribution in [-0.2, 0) is 16.6 Å². The van der Waals surface area contributed by atoms with Crippen LogP contribution in [0.5, 0.6) is 0 Å². The zero-order valence-electron chi connectivity index (χ0n) is 9.83. The molecule has 1 heterocycles. The quantitative estimate of drug-likeness (QED) is 0.773. The number of hydrogen-bond acceptors (Lipinski definition) is 4. The zero-order valence-corrected chi connectivity index (χ0v) is 10.6. The van der Waals surface area contributed by atoms with Crippen molar-refractivity contribution in [2.75, 3.05) is 19.7 Å². The molecule has 0 spiro atoms. The van der Waals surface area contributed by atoms with Crippen molar-refractivity contribution < 1.29 is 22.3 Å². The second-order valence-electron chi connectivity index (χ2n) is 3.51. The van der Waals surface area contributed by atoms with Gasteiger partial charge in [-0.25, -0.2) is 17.2 Å². The molecule has 0 saturated heterocycles. The van der Waals surface area contributed by atoms with Gasteiger partial charge in [0, 0.05) is 19.3 Å². The van der Waals surface area contributed by atoms with Gasteiger partial charge in [0.05, 0.1) is 19.3 Å². The molecule has 0 unspecified atom stereocenters. The molecule has 1 aromatic heterocycles. The molecule has 0 aliphatic carbocycles. The van der Waals surface area contributed by atoms with E-state index in [0.717, 1.165) is 6.20 Å². The molecule has 18 heavy (non-hydrogen) atoms. The number of halogens is 2. The second kappa shape index (κ2) is 6.21. The van der Waals surface area contributed by atoms with Crippen LogP contribution in [0.3, 0.4) is 0 Å². The topological polar surface area (TPSA) is 75.4 Å². The number of rotatable bonds is 7. The van der Waals surface area contributed by atoms with E-state index in [9.17, 15) is 17.2 Å². The Balaban J connectivity index is 3.00. The van der Waals surface area contributed by atoms with Gasteiger partial charge in [-0.05, 0) is 6.92 Å². The van der Waals surface area contributed by atoms with Gasteiger partial charge in [0.2, 0.25) is 10.0 Å². The lowest BCUT2D eigenvalue weighted by atomic mass is 10.6. The Bertz CT molecular complexity index is 475. The highest BCUT2D eigenvalue weighted by Crippen LogP contribution is 2.15. The Labute approximate surface area is 104 Å². The van der Waals surface area contributed by atoms with Crippen molar-refractivity contribution in [2.24, 2.45) is 0 Å². The van der Waals surface area contributed by atoms with E-state index in [1.165, 1.54) is 10.9 Å². The van der Waals surface area contributed by atoms with Crippen LogP contribution in [0.25, 0.3) is 0 Å². The molecule has 0 saturated carbocycles. The molecule has 1 rings (SSSR count). The average Bonchev–Trinajstić information content (AvgIpc) is 2.77. The van der Waals surface area contributed by atoms with Gasteiger partial charge in [-0.2, -0.15) is 9.40 Å². The maximum absolute atomic E-state index is 12.3. The summed E-state index contributed by atoms with van der Waals surface area (Å²) in [5.41, 5.74) is 0. The predicted molar refractivity (Wildman–Crippen MR) is 59.7 cm³/mol. The van der Waals surface area contributed by atoms with Crippen molar-refractivity contribution in [3.63, 3.8) is 0 Å². The van der Waals surface area contributed by atoms with E-state index in [-0.39, 0.29) is 11.4 Å². The number of hydrogen-bond donors (Lipinski definition) is 1. The standard InChI is InChI=1S/C9H15F2N3O3S/c1-2-13-6-8(5-12-13)18(16,17)14(3-4-15)7-9(10)11/h5-6,9,15H,2-4,7H2,1H3. The van der Waals surface area contributed by atoms with Gasteiger partial charge in [0.1, 0.15) is 4.90 Å². The first kappa shape index (κ1) is 15.0. The van der Waals surface area contributed by atoms with E-state index in [4.69, 9.17) is 5.11 Å². The largest absolute Gasteiger partial charge is 0.395 e. The summed E-state index contributed by atoms with van der Waals surface area (Å²) in [6, 6.07) is 0. The highest BCUT2D eigenvalue weighted by molar-refractivity contribution is 7.89. The summed E-state index contributed by atoms with van der Waals surface area (Å²) in [6.45, 7) is 0.413. The van der Waals surface area contributed by atoms with Crippen molar-refractivity contribution in [3.05, 3.63) is 12.4 Å². The molecule has 0 aromatic carbocycles. The van der Waals surface area contributed by atoms with Crippen LogP contribution < -0.4 is 0 Å². The number of aryl methyl sites for hydroxylation is 1. The Morgan fingerprint density at radius 3 is 2.67 bits per heavy atom. The third-order valence-electron chi connectivity index (χ3n) is 2.26. The molecule has 0 aliphatic heterocycles. The summed E-state index contributed by atoms with van der Waals surface area (Å²) in [7, 11) is -4.04. The summed E-state index contributed by atoms with van der Waals surface area (Å²) in [6.07, 6.45) is -0.424. The number of sulfonamides is 1. The molecule has 0 fully saturated rings. The van der Waals surface area contributed by atoms with Crippen LogP contribution in [0.15, 0.2) is 17.3 Å². The molecule has 0 aliphatic rings. The molecule has 1 N–H and O–H groups in total. The lowest BCUT2D eigenvalue weighted by molar-refractivity contribution is 0.113. The van der Waals surface area contributed by atoms with Crippen LogP contribution in [0.1, 0.15) is 6.92 Å². The molecule has 0 bridgehead atoms. The Morgan fingerprint density at radius 2 is 2.22 bits per heavy atom. The van der Waals surface area contributed by atoms with Gasteiger partial charge in [-0.15, -0.1) is 0 Å². The average molecular weight is 283 g/mol. The van der Waals surface area contributed by atoms with Gasteiger partial charge in [0.25, 0.3) is 6.43 Å². The third kappa shape index (κ3) is 3.47. The minimum atomic E-state index is -4.04. The first-order valence-corrected chi connectivity index (χ1v) is 6.77. The van der Waals surface area contributed by atoms with Crippen molar-refractivity contribution in [1.29, 1.82) is 0 Å². The van der Waals surface area contributed by atoms with Gasteiger partial charge in [-0.3, -0.25) is 4.68 Å². The van der Waals surface area contributed by atoms with Crippen LogP contribution in [0.4, 0.5) is 8.78 Å². The fourth-order valence-electron chi connectivity index (χ4n) is 1.37.